The Bertz CT molecular complexity index is 901. The minimum atomic E-state index is -1.24. The van der Waals surface area contributed by atoms with Crippen molar-refractivity contribution in [2.24, 2.45) is 0 Å². The first-order valence-corrected chi connectivity index (χ1v) is 10.5. The Hall–Kier alpha value is -2.85. The zero-order valence-corrected chi connectivity index (χ0v) is 18.9. The van der Waals surface area contributed by atoms with Crippen molar-refractivity contribution >= 4 is 53.2 Å². The molecule has 1 aromatic rings. The third-order valence-corrected chi connectivity index (χ3v) is 5.47. The van der Waals surface area contributed by atoms with Crippen LogP contribution in [-0.4, -0.2) is 71.8 Å². The van der Waals surface area contributed by atoms with Gasteiger partial charge < -0.3 is 30.2 Å². The number of methoxy groups -OCH3 is 1. The fraction of sp³-hybridized carbons (Fsp3) is 0.450. The average Bonchev–Trinajstić information content (AvgIpc) is 3.21. The standard InChI is InChI=1S/C20H23Cl2N3O7/c1-10(23-18(29)11-6-13(21)17(32-2)14(22)7-11)20(31)25-5-3-4-15(25)19(30)24-12(9-26)8-16(27)28/h6-7,9-10,12,15H,3-5,8H2,1-2H3,(H,23,29)(H,24,30)(H,27,28)/t10-,12?,15-/m0/s1. The van der Waals surface area contributed by atoms with E-state index in [-0.39, 0.29) is 27.9 Å². The number of nitrogens with zero attached hydrogens (tertiary/aromatic N) is 1. The number of carboxylic acid groups (broad SMARTS) is 1. The number of likely N-dealkylation sites (tertiary alicyclic amines) is 1. The third-order valence-electron chi connectivity index (χ3n) is 4.91. The Balaban J connectivity index is 2.06. The number of carbonyl (C=O) groups is 5. The van der Waals surface area contributed by atoms with Crippen LogP contribution >= 0.6 is 23.2 Å². The van der Waals surface area contributed by atoms with Gasteiger partial charge in [0.25, 0.3) is 5.91 Å². The molecular formula is C20H23Cl2N3O7. The molecule has 1 aliphatic rings. The first kappa shape index (κ1) is 25.4. The maximum Gasteiger partial charge on any atom is 0.305 e. The first-order valence-electron chi connectivity index (χ1n) is 9.70. The lowest BCUT2D eigenvalue weighted by atomic mass is 10.1. The third kappa shape index (κ3) is 6.10. The summed E-state index contributed by atoms with van der Waals surface area (Å²) in [5.74, 6) is -2.74. The number of benzene rings is 1. The van der Waals surface area contributed by atoms with E-state index in [2.05, 4.69) is 10.6 Å². The lowest BCUT2D eigenvalue weighted by molar-refractivity contribution is -0.141. The van der Waals surface area contributed by atoms with Gasteiger partial charge in [0.05, 0.1) is 29.6 Å². The van der Waals surface area contributed by atoms with Crippen LogP contribution in [0.25, 0.3) is 0 Å². The van der Waals surface area contributed by atoms with Gasteiger partial charge in [-0.15, -0.1) is 0 Å². The molecule has 3 N–H and O–H groups in total. The summed E-state index contributed by atoms with van der Waals surface area (Å²) in [6, 6.07) is -0.335. The van der Waals surface area contributed by atoms with Gasteiger partial charge in [-0.2, -0.15) is 0 Å². The Morgan fingerprint density at radius 2 is 1.88 bits per heavy atom. The highest BCUT2D eigenvalue weighted by Crippen LogP contribution is 2.33. The second-order valence-corrected chi connectivity index (χ2v) is 8.02. The molecule has 0 aliphatic carbocycles. The summed E-state index contributed by atoms with van der Waals surface area (Å²) < 4.78 is 5.04. The van der Waals surface area contributed by atoms with E-state index < -0.39 is 48.2 Å². The second kappa shape index (κ2) is 11.1. The van der Waals surface area contributed by atoms with E-state index in [9.17, 15) is 24.0 Å². The van der Waals surface area contributed by atoms with E-state index in [1.54, 1.807) is 0 Å². The van der Waals surface area contributed by atoms with Crippen molar-refractivity contribution < 1.29 is 33.8 Å². The van der Waals surface area contributed by atoms with Crippen LogP contribution in [0.1, 0.15) is 36.5 Å². The molecule has 10 nitrogen and oxygen atoms in total. The maximum atomic E-state index is 12.9. The van der Waals surface area contributed by atoms with Crippen LogP contribution in [0.5, 0.6) is 5.75 Å². The zero-order valence-electron chi connectivity index (χ0n) is 17.4. The van der Waals surface area contributed by atoms with E-state index in [0.29, 0.717) is 19.1 Å². The largest absolute Gasteiger partial charge is 0.494 e. The summed E-state index contributed by atoms with van der Waals surface area (Å²) in [5, 5.41) is 14.0. The molecule has 1 unspecified atom stereocenters. The highest BCUT2D eigenvalue weighted by molar-refractivity contribution is 6.37. The number of carboxylic acids is 1. The van der Waals surface area contributed by atoms with Gasteiger partial charge in [-0.25, -0.2) is 0 Å². The molecule has 0 saturated carbocycles. The van der Waals surface area contributed by atoms with E-state index in [0.717, 1.165) is 0 Å². The van der Waals surface area contributed by atoms with Gasteiger partial charge in [0.2, 0.25) is 11.8 Å². The van der Waals surface area contributed by atoms with E-state index >= 15 is 0 Å². The van der Waals surface area contributed by atoms with Crippen LogP contribution in [0.3, 0.4) is 0 Å². The van der Waals surface area contributed by atoms with Crippen LogP contribution in [0.4, 0.5) is 0 Å². The zero-order chi connectivity index (χ0) is 24.0. The van der Waals surface area contributed by atoms with Crippen molar-refractivity contribution in [2.45, 2.75) is 44.3 Å². The highest BCUT2D eigenvalue weighted by atomic mass is 35.5. The summed E-state index contributed by atoms with van der Waals surface area (Å²) in [6.07, 6.45) is 0.663. The minimum absolute atomic E-state index is 0.124. The minimum Gasteiger partial charge on any atom is -0.494 e. The number of ether oxygens (including phenoxy) is 1. The van der Waals surface area contributed by atoms with E-state index in [4.69, 9.17) is 33.0 Å². The lowest BCUT2D eigenvalue weighted by Gasteiger charge is -2.27. The quantitative estimate of drug-likeness (QED) is 0.445. The molecule has 0 spiro atoms. The number of hydrogen-bond donors (Lipinski definition) is 3. The molecule has 3 atom stereocenters. The predicted molar refractivity (Wildman–Crippen MR) is 115 cm³/mol. The summed E-state index contributed by atoms with van der Waals surface area (Å²) in [6.45, 7) is 1.75. The van der Waals surface area contributed by atoms with Gasteiger partial charge in [0, 0.05) is 12.1 Å². The molecule has 1 saturated heterocycles. The summed E-state index contributed by atoms with van der Waals surface area (Å²) in [5.41, 5.74) is 0.124. The number of rotatable bonds is 9. The molecule has 1 aromatic carbocycles. The van der Waals surface area contributed by atoms with Crippen molar-refractivity contribution in [2.75, 3.05) is 13.7 Å². The van der Waals surface area contributed by atoms with Gasteiger partial charge in [-0.05, 0) is 31.9 Å². The van der Waals surface area contributed by atoms with Crippen molar-refractivity contribution in [3.05, 3.63) is 27.7 Å². The maximum absolute atomic E-state index is 12.9. The molecule has 3 amide bonds. The fourth-order valence-corrected chi connectivity index (χ4v) is 4.02. The number of nitrogens with one attached hydrogen (secondary N) is 2. The van der Waals surface area contributed by atoms with Gasteiger partial charge in [-0.3, -0.25) is 19.2 Å². The normalized spacial score (nSPS) is 17.2. The average molecular weight is 488 g/mol. The van der Waals surface area contributed by atoms with Crippen LogP contribution < -0.4 is 15.4 Å². The molecule has 1 fully saturated rings. The molecule has 2 rings (SSSR count). The Morgan fingerprint density at radius 3 is 2.41 bits per heavy atom. The van der Waals surface area contributed by atoms with Crippen molar-refractivity contribution in [1.82, 2.24) is 15.5 Å². The number of halogens is 2. The smallest absolute Gasteiger partial charge is 0.305 e. The van der Waals surface area contributed by atoms with E-state index in [1.807, 2.05) is 0 Å². The van der Waals surface area contributed by atoms with Crippen LogP contribution in [0.2, 0.25) is 10.0 Å². The number of aliphatic carboxylic acids is 1. The Labute approximate surface area is 194 Å². The summed E-state index contributed by atoms with van der Waals surface area (Å²) in [7, 11) is 1.38. The molecule has 12 heteroatoms. The van der Waals surface area contributed by atoms with Crippen molar-refractivity contribution in [3.8, 4) is 5.75 Å². The SMILES string of the molecule is COc1c(Cl)cc(C(=O)N[C@@H](C)C(=O)N2CCC[C@H]2C(=O)NC(C=O)CC(=O)O)cc1Cl. The highest BCUT2D eigenvalue weighted by Gasteiger charge is 2.37. The van der Waals surface area contributed by atoms with Gasteiger partial charge in [0.1, 0.15) is 18.4 Å². The van der Waals surface area contributed by atoms with Crippen molar-refractivity contribution in [1.29, 1.82) is 0 Å². The van der Waals surface area contributed by atoms with Crippen LogP contribution in [-0.2, 0) is 19.2 Å². The molecule has 1 heterocycles. The summed E-state index contributed by atoms with van der Waals surface area (Å²) in [4.78, 5) is 61.1. The topological polar surface area (TPSA) is 142 Å². The molecule has 174 valence electrons. The predicted octanol–water partition coefficient (Wildman–Crippen LogP) is 1.27. The van der Waals surface area contributed by atoms with Gasteiger partial charge >= 0.3 is 5.97 Å². The van der Waals surface area contributed by atoms with Crippen molar-refractivity contribution in [3.63, 3.8) is 0 Å². The number of amides is 3. The number of carbonyl (C=O) groups excluding carboxylic acids is 4. The molecule has 0 aromatic heterocycles. The van der Waals surface area contributed by atoms with Gasteiger partial charge in [-0.1, -0.05) is 23.2 Å². The molecular weight excluding hydrogens is 465 g/mol. The molecule has 0 radical (unpaired) electrons. The van der Waals surface area contributed by atoms with Crippen LogP contribution in [0, 0.1) is 0 Å². The molecule has 1 aliphatic heterocycles. The monoisotopic (exact) mass is 487 g/mol. The second-order valence-electron chi connectivity index (χ2n) is 7.21. The fourth-order valence-electron chi connectivity index (χ4n) is 3.38. The number of aldehydes is 1. The van der Waals surface area contributed by atoms with Crippen LogP contribution in [0.15, 0.2) is 12.1 Å². The van der Waals surface area contributed by atoms with Gasteiger partial charge in [0.15, 0.2) is 5.75 Å². The van der Waals surface area contributed by atoms with E-state index in [1.165, 1.54) is 31.1 Å². The molecule has 32 heavy (non-hydrogen) atoms. The lowest BCUT2D eigenvalue weighted by Crippen LogP contribution is -2.54. The Morgan fingerprint density at radius 1 is 1.25 bits per heavy atom. The summed E-state index contributed by atoms with van der Waals surface area (Å²) >= 11 is 12.1. The number of hydrogen-bond acceptors (Lipinski definition) is 6. The first-order chi connectivity index (χ1) is 15.1. The Kier molecular flexibility index (Phi) is 8.85. The molecule has 0 bridgehead atoms.